The molecule has 1 saturated carbocycles. The highest BCUT2D eigenvalue weighted by molar-refractivity contribution is 6.33. The Morgan fingerprint density at radius 1 is 1.53 bits per heavy atom. The Hall–Kier alpha value is -1.29. The molecule has 0 saturated heterocycles. The van der Waals surface area contributed by atoms with E-state index in [0.717, 1.165) is 13.1 Å². The van der Waals surface area contributed by atoms with Crippen LogP contribution < -0.4 is 10.6 Å². The largest absolute Gasteiger partial charge is 0.369 e. The van der Waals surface area contributed by atoms with E-state index in [0.29, 0.717) is 16.4 Å². The van der Waals surface area contributed by atoms with Crippen LogP contribution in [0.2, 0.25) is 5.02 Å². The predicted octanol–water partition coefficient (Wildman–Crippen LogP) is 3.09. The van der Waals surface area contributed by atoms with Crippen LogP contribution in [0.15, 0.2) is 12.3 Å². The van der Waals surface area contributed by atoms with Crippen LogP contribution in [0.25, 0.3) is 0 Å². The Bertz CT molecular complexity index is 472. The third-order valence-electron chi connectivity index (χ3n) is 3.68. The topological polar surface area (TPSA) is 54.0 Å². The quantitative estimate of drug-likeness (QED) is 0.872. The van der Waals surface area contributed by atoms with Crippen molar-refractivity contribution >= 4 is 23.3 Å². The molecule has 0 atom stereocenters. The van der Waals surface area contributed by atoms with Crippen LogP contribution in [0.4, 0.5) is 5.82 Å². The monoisotopic (exact) mass is 281 g/mol. The van der Waals surface area contributed by atoms with Crippen molar-refractivity contribution in [3.63, 3.8) is 0 Å². The Morgan fingerprint density at radius 2 is 2.26 bits per heavy atom. The second kappa shape index (κ2) is 5.78. The van der Waals surface area contributed by atoms with Gasteiger partial charge < -0.3 is 10.6 Å². The maximum atomic E-state index is 12.0. The second-order valence-electron chi connectivity index (χ2n) is 5.43. The first-order valence-electron chi connectivity index (χ1n) is 6.72. The molecule has 1 aliphatic rings. The van der Waals surface area contributed by atoms with Crippen LogP contribution in [0.5, 0.6) is 0 Å². The highest BCUT2D eigenvalue weighted by Crippen LogP contribution is 2.39. The lowest BCUT2D eigenvalue weighted by atomic mass is 9.70. The van der Waals surface area contributed by atoms with Gasteiger partial charge in [0.2, 0.25) is 0 Å². The lowest BCUT2D eigenvalue weighted by Gasteiger charge is -2.38. The molecule has 0 unspecified atom stereocenters. The minimum Gasteiger partial charge on any atom is -0.369 e. The first-order chi connectivity index (χ1) is 9.04. The average molecular weight is 282 g/mol. The molecule has 1 amide bonds. The average Bonchev–Trinajstić information content (AvgIpc) is 2.36. The van der Waals surface area contributed by atoms with Crippen LogP contribution in [0.1, 0.15) is 43.5 Å². The summed E-state index contributed by atoms with van der Waals surface area (Å²) in [5.41, 5.74) is 0.783. The van der Waals surface area contributed by atoms with Gasteiger partial charge in [0, 0.05) is 19.3 Å². The molecule has 0 spiro atoms. The number of rotatable bonds is 5. The van der Waals surface area contributed by atoms with Gasteiger partial charge in [0.1, 0.15) is 5.82 Å². The Balaban J connectivity index is 1.97. The zero-order valence-corrected chi connectivity index (χ0v) is 12.2. The molecule has 1 fully saturated rings. The molecular weight excluding hydrogens is 262 g/mol. The first-order valence-corrected chi connectivity index (χ1v) is 7.09. The van der Waals surface area contributed by atoms with Gasteiger partial charge in [0.05, 0.1) is 10.6 Å². The predicted molar refractivity (Wildman–Crippen MR) is 77.7 cm³/mol. The van der Waals surface area contributed by atoms with Crippen LogP contribution in [0, 0.1) is 5.41 Å². The van der Waals surface area contributed by atoms with Gasteiger partial charge in [-0.05, 0) is 31.2 Å². The molecular formula is C14H20ClN3O. The van der Waals surface area contributed by atoms with Crippen LogP contribution in [-0.2, 0) is 0 Å². The summed E-state index contributed by atoms with van der Waals surface area (Å²) in [6.45, 7) is 5.64. The van der Waals surface area contributed by atoms with Gasteiger partial charge in [-0.2, -0.15) is 0 Å². The van der Waals surface area contributed by atoms with E-state index in [-0.39, 0.29) is 11.3 Å². The van der Waals surface area contributed by atoms with E-state index in [1.54, 1.807) is 12.3 Å². The van der Waals surface area contributed by atoms with Crippen LogP contribution >= 0.6 is 11.6 Å². The summed E-state index contributed by atoms with van der Waals surface area (Å²) >= 11 is 6.08. The summed E-state index contributed by atoms with van der Waals surface area (Å²) in [4.78, 5) is 16.2. The molecule has 2 N–H and O–H groups in total. The molecule has 1 aromatic rings. The lowest BCUT2D eigenvalue weighted by Crippen LogP contribution is -2.39. The number of hydrogen-bond donors (Lipinski definition) is 2. The van der Waals surface area contributed by atoms with Crippen molar-refractivity contribution in [2.75, 3.05) is 18.4 Å². The van der Waals surface area contributed by atoms with Gasteiger partial charge in [0.15, 0.2) is 0 Å². The molecule has 0 bridgehead atoms. The maximum Gasteiger partial charge on any atom is 0.252 e. The van der Waals surface area contributed by atoms with E-state index in [2.05, 4.69) is 22.5 Å². The zero-order chi connectivity index (χ0) is 13.9. The zero-order valence-electron chi connectivity index (χ0n) is 11.4. The molecule has 1 aromatic heterocycles. The normalized spacial score (nSPS) is 16.6. The molecule has 5 heteroatoms. The lowest BCUT2D eigenvalue weighted by molar-refractivity contribution is 0.0890. The van der Waals surface area contributed by atoms with E-state index in [1.165, 1.54) is 19.3 Å². The highest BCUT2D eigenvalue weighted by atomic mass is 35.5. The minimum atomic E-state index is -0.106. The van der Waals surface area contributed by atoms with Gasteiger partial charge in [0.25, 0.3) is 5.91 Å². The van der Waals surface area contributed by atoms with Gasteiger partial charge in [-0.1, -0.05) is 24.9 Å². The minimum absolute atomic E-state index is 0.106. The van der Waals surface area contributed by atoms with Gasteiger partial charge in [-0.25, -0.2) is 4.98 Å². The third-order valence-corrected chi connectivity index (χ3v) is 3.97. The smallest absolute Gasteiger partial charge is 0.252 e. The fourth-order valence-corrected chi connectivity index (χ4v) is 2.45. The van der Waals surface area contributed by atoms with Gasteiger partial charge >= 0.3 is 0 Å². The number of aromatic nitrogens is 1. The summed E-state index contributed by atoms with van der Waals surface area (Å²) in [7, 11) is 0. The second-order valence-corrected chi connectivity index (χ2v) is 5.84. The summed E-state index contributed by atoms with van der Waals surface area (Å²) in [5.74, 6) is 0.511. The van der Waals surface area contributed by atoms with E-state index in [1.807, 2.05) is 6.92 Å². The molecule has 1 heterocycles. The summed E-state index contributed by atoms with van der Waals surface area (Å²) in [6.07, 6.45) is 5.19. The van der Waals surface area contributed by atoms with E-state index < -0.39 is 0 Å². The Labute approximate surface area is 118 Å². The van der Waals surface area contributed by atoms with Crippen LogP contribution in [-0.4, -0.2) is 24.0 Å². The van der Waals surface area contributed by atoms with Gasteiger partial charge in [-0.15, -0.1) is 0 Å². The fourth-order valence-electron chi connectivity index (χ4n) is 2.21. The molecule has 0 aliphatic heterocycles. The van der Waals surface area contributed by atoms with Gasteiger partial charge in [-0.3, -0.25) is 4.79 Å². The summed E-state index contributed by atoms with van der Waals surface area (Å²) in [6, 6.07) is 1.66. The molecule has 19 heavy (non-hydrogen) atoms. The third kappa shape index (κ3) is 3.38. The first kappa shape index (κ1) is 14.1. The number of carbonyl (C=O) groups is 1. The fraction of sp³-hybridized carbons (Fsp3) is 0.571. The summed E-state index contributed by atoms with van der Waals surface area (Å²) in [5, 5.41) is 6.48. The standard InChI is InChI=1S/C14H20ClN3O/c1-3-16-12-11(15)7-10(8-17-12)13(19)18-9-14(2)5-4-6-14/h7-8H,3-6,9H2,1-2H3,(H,16,17)(H,18,19). The maximum absolute atomic E-state index is 12.0. The van der Waals surface area contributed by atoms with Crippen molar-refractivity contribution in [1.82, 2.24) is 10.3 Å². The molecule has 1 aliphatic carbocycles. The molecule has 4 nitrogen and oxygen atoms in total. The number of nitrogens with one attached hydrogen (secondary N) is 2. The van der Waals surface area contributed by atoms with Crippen molar-refractivity contribution < 1.29 is 4.79 Å². The SMILES string of the molecule is CCNc1ncc(C(=O)NCC2(C)CCC2)cc1Cl. The Kier molecular flexibility index (Phi) is 4.30. The van der Waals surface area contributed by atoms with E-state index in [4.69, 9.17) is 11.6 Å². The number of carbonyl (C=O) groups excluding carboxylic acids is 1. The molecule has 104 valence electrons. The van der Waals surface area contributed by atoms with Crippen molar-refractivity contribution in [3.8, 4) is 0 Å². The number of pyridine rings is 1. The number of hydrogen-bond acceptors (Lipinski definition) is 3. The van der Waals surface area contributed by atoms with E-state index >= 15 is 0 Å². The molecule has 2 rings (SSSR count). The Morgan fingerprint density at radius 3 is 2.79 bits per heavy atom. The molecule has 0 aromatic carbocycles. The number of amides is 1. The van der Waals surface area contributed by atoms with Crippen molar-refractivity contribution in [1.29, 1.82) is 0 Å². The highest BCUT2D eigenvalue weighted by Gasteiger charge is 2.31. The number of halogens is 1. The molecule has 0 radical (unpaired) electrons. The number of anilines is 1. The summed E-state index contributed by atoms with van der Waals surface area (Å²) < 4.78 is 0. The van der Waals surface area contributed by atoms with Crippen molar-refractivity contribution in [3.05, 3.63) is 22.8 Å². The van der Waals surface area contributed by atoms with Crippen molar-refractivity contribution in [2.45, 2.75) is 33.1 Å². The number of nitrogens with zero attached hydrogens (tertiary/aromatic N) is 1. The van der Waals surface area contributed by atoms with E-state index in [9.17, 15) is 4.79 Å². The van der Waals surface area contributed by atoms with Crippen LogP contribution in [0.3, 0.4) is 0 Å². The van der Waals surface area contributed by atoms with Crippen molar-refractivity contribution in [2.24, 2.45) is 5.41 Å².